The number of rotatable bonds is 2. The molecule has 3 nitrogen and oxygen atoms in total. The summed E-state index contributed by atoms with van der Waals surface area (Å²) in [4.78, 5) is 5.97. The van der Waals surface area contributed by atoms with Crippen molar-refractivity contribution in [2.75, 3.05) is 27.2 Å². The van der Waals surface area contributed by atoms with Gasteiger partial charge in [0.15, 0.2) is 0 Å². The van der Waals surface area contributed by atoms with Crippen molar-refractivity contribution in [3.05, 3.63) is 28.5 Å². The largest absolute Gasteiger partial charge is 0.395 e. The number of hydrogen-bond acceptors (Lipinski definition) is 3. The molecule has 1 aromatic rings. The molecule has 1 aromatic heterocycles. The molecule has 0 aliphatic heterocycles. The highest BCUT2D eigenvalue weighted by atomic mass is 35.5. The van der Waals surface area contributed by atoms with Crippen LogP contribution in [0.4, 0.5) is 0 Å². The maximum absolute atomic E-state index is 8.20. The molecule has 86 valence electrons. The summed E-state index contributed by atoms with van der Waals surface area (Å²) < 4.78 is 0. The average molecular weight is 231 g/mol. The summed E-state index contributed by atoms with van der Waals surface area (Å²) in [5.41, 5.74) is 1.99. The molecule has 4 heteroatoms. The van der Waals surface area contributed by atoms with Crippen molar-refractivity contribution in [2.24, 2.45) is 0 Å². The molecule has 0 aliphatic carbocycles. The lowest BCUT2D eigenvalue weighted by Gasteiger charge is -2.03. The molecular formula is C11H19ClN2O. The Kier molecular flexibility index (Phi) is 7.30. The second kappa shape index (κ2) is 7.63. The molecule has 0 unspecified atom stereocenters. The zero-order chi connectivity index (χ0) is 11.8. The fourth-order valence-electron chi connectivity index (χ4n) is 0.795. The Morgan fingerprint density at radius 1 is 1.33 bits per heavy atom. The van der Waals surface area contributed by atoms with Crippen LogP contribution < -0.4 is 0 Å². The zero-order valence-electron chi connectivity index (χ0n) is 9.79. The number of hydrogen-bond donors (Lipinski definition) is 1. The lowest BCUT2D eigenvalue weighted by Crippen LogP contribution is -2.15. The van der Waals surface area contributed by atoms with Crippen molar-refractivity contribution in [3.8, 4) is 0 Å². The second-order valence-electron chi connectivity index (χ2n) is 3.59. The van der Waals surface area contributed by atoms with Crippen LogP contribution in [0.15, 0.2) is 12.1 Å². The normalized spacial score (nSPS) is 9.80. The van der Waals surface area contributed by atoms with E-state index in [-0.39, 0.29) is 6.61 Å². The summed E-state index contributed by atoms with van der Waals surface area (Å²) in [6.45, 7) is 4.88. The van der Waals surface area contributed by atoms with E-state index >= 15 is 0 Å². The van der Waals surface area contributed by atoms with Crippen molar-refractivity contribution in [2.45, 2.75) is 13.8 Å². The molecule has 0 aliphatic rings. The molecule has 0 fully saturated rings. The number of nitrogens with zero attached hydrogens (tertiary/aromatic N) is 2. The summed E-state index contributed by atoms with van der Waals surface area (Å²) in [6, 6.07) is 3.91. The zero-order valence-corrected chi connectivity index (χ0v) is 10.5. The van der Waals surface area contributed by atoms with Gasteiger partial charge in [-0.05, 0) is 39.6 Å². The number of aromatic nitrogens is 1. The molecule has 15 heavy (non-hydrogen) atoms. The lowest BCUT2D eigenvalue weighted by atomic mass is 10.3. The van der Waals surface area contributed by atoms with Crippen LogP contribution in [0, 0.1) is 13.8 Å². The summed E-state index contributed by atoms with van der Waals surface area (Å²) in [5.74, 6) is 0. The van der Waals surface area contributed by atoms with E-state index in [1.165, 1.54) is 0 Å². The van der Waals surface area contributed by atoms with E-state index in [9.17, 15) is 0 Å². The first-order valence-electron chi connectivity index (χ1n) is 4.82. The molecule has 1 heterocycles. The number of aliphatic hydroxyl groups is 1. The number of likely N-dealkylation sites (N-methyl/N-ethyl adjacent to an activating group) is 1. The number of pyridine rings is 1. The molecule has 1 N–H and O–H groups in total. The minimum atomic E-state index is 0.257. The standard InChI is InChI=1S/C7H8ClN.C4H11NO/c1-5-3-4-6(2)9-7(5)8;1-5(2)3-4-6/h3-4H,1-2H3;6H,3-4H2,1-2H3. The van der Waals surface area contributed by atoms with E-state index in [2.05, 4.69) is 4.98 Å². The van der Waals surface area contributed by atoms with Crippen LogP contribution >= 0.6 is 11.6 Å². The van der Waals surface area contributed by atoms with Gasteiger partial charge in [0.25, 0.3) is 0 Å². The second-order valence-corrected chi connectivity index (χ2v) is 3.95. The van der Waals surface area contributed by atoms with Crippen molar-refractivity contribution in [3.63, 3.8) is 0 Å². The molecule has 1 rings (SSSR count). The van der Waals surface area contributed by atoms with Crippen LogP contribution in [0.5, 0.6) is 0 Å². The Hall–Kier alpha value is -0.640. The fraction of sp³-hybridized carbons (Fsp3) is 0.545. The third kappa shape index (κ3) is 7.31. The third-order valence-electron chi connectivity index (χ3n) is 1.72. The minimum absolute atomic E-state index is 0.257. The average Bonchev–Trinajstić information content (AvgIpc) is 2.13. The maximum Gasteiger partial charge on any atom is 0.132 e. The van der Waals surface area contributed by atoms with Gasteiger partial charge in [-0.1, -0.05) is 17.7 Å². The van der Waals surface area contributed by atoms with Gasteiger partial charge in [-0.25, -0.2) is 4.98 Å². The van der Waals surface area contributed by atoms with Crippen molar-refractivity contribution in [1.29, 1.82) is 0 Å². The van der Waals surface area contributed by atoms with E-state index in [1.54, 1.807) is 0 Å². The first kappa shape index (κ1) is 14.4. The molecule has 0 saturated carbocycles. The van der Waals surface area contributed by atoms with Gasteiger partial charge in [-0.2, -0.15) is 0 Å². The molecule has 0 amide bonds. The quantitative estimate of drug-likeness (QED) is 0.789. The summed E-state index contributed by atoms with van der Waals surface area (Å²) in [7, 11) is 3.85. The van der Waals surface area contributed by atoms with Gasteiger partial charge in [0, 0.05) is 12.2 Å². The summed E-state index contributed by atoms with van der Waals surface area (Å²) >= 11 is 5.70. The Labute approximate surface area is 96.7 Å². The number of aliphatic hydroxyl groups excluding tert-OH is 1. The first-order valence-corrected chi connectivity index (χ1v) is 5.20. The SMILES string of the molecule is CN(C)CCO.Cc1ccc(C)c(Cl)n1. The lowest BCUT2D eigenvalue weighted by molar-refractivity contribution is 0.243. The van der Waals surface area contributed by atoms with Crippen molar-refractivity contribution < 1.29 is 5.11 Å². The molecule has 0 spiro atoms. The number of halogens is 1. The molecule has 0 atom stereocenters. The van der Waals surface area contributed by atoms with Crippen LogP contribution in [0.2, 0.25) is 5.15 Å². The summed E-state index contributed by atoms with van der Waals surface area (Å²) in [5, 5.41) is 8.80. The van der Waals surface area contributed by atoms with Gasteiger partial charge in [0.1, 0.15) is 5.15 Å². The van der Waals surface area contributed by atoms with Crippen LogP contribution in [0.1, 0.15) is 11.3 Å². The van der Waals surface area contributed by atoms with E-state index in [0.29, 0.717) is 5.15 Å². The van der Waals surface area contributed by atoms with Gasteiger partial charge in [-0.3, -0.25) is 0 Å². The van der Waals surface area contributed by atoms with E-state index in [4.69, 9.17) is 16.7 Å². The molecule has 0 bridgehead atoms. The van der Waals surface area contributed by atoms with Gasteiger partial charge < -0.3 is 10.0 Å². The molecular weight excluding hydrogens is 212 g/mol. The Bertz CT molecular complexity index is 290. The van der Waals surface area contributed by atoms with Crippen LogP contribution in [0.25, 0.3) is 0 Å². The summed E-state index contributed by atoms with van der Waals surface area (Å²) in [6.07, 6.45) is 0. The van der Waals surface area contributed by atoms with E-state index in [1.807, 2.05) is 45.0 Å². The highest BCUT2D eigenvalue weighted by Crippen LogP contribution is 2.10. The van der Waals surface area contributed by atoms with Crippen LogP contribution in [0.3, 0.4) is 0 Å². The Morgan fingerprint density at radius 3 is 2.20 bits per heavy atom. The van der Waals surface area contributed by atoms with E-state index < -0.39 is 0 Å². The molecule has 0 radical (unpaired) electrons. The maximum atomic E-state index is 8.20. The highest BCUT2D eigenvalue weighted by Gasteiger charge is 1.93. The van der Waals surface area contributed by atoms with Gasteiger partial charge >= 0.3 is 0 Å². The Morgan fingerprint density at radius 2 is 1.93 bits per heavy atom. The van der Waals surface area contributed by atoms with Gasteiger partial charge in [-0.15, -0.1) is 0 Å². The smallest absolute Gasteiger partial charge is 0.132 e. The van der Waals surface area contributed by atoms with Gasteiger partial charge in [0.05, 0.1) is 6.61 Å². The molecule has 0 saturated heterocycles. The first-order chi connectivity index (χ1) is 6.97. The third-order valence-corrected chi connectivity index (χ3v) is 2.10. The van der Waals surface area contributed by atoms with E-state index in [0.717, 1.165) is 17.8 Å². The van der Waals surface area contributed by atoms with Crippen molar-refractivity contribution in [1.82, 2.24) is 9.88 Å². The van der Waals surface area contributed by atoms with Gasteiger partial charge in [0.2, 0.25) is 0 Å². The van der Waals surface area contributed by atoms with Crippen LogP contribution in [-0.2, 0) is 0 Å². The fourth-order valence-corrected chi connectivity index (χ4v) is 0.991. The monoisotopic (exact) mass is 230 g/mol. The topological polar surface area (TPSA) is 36.4 Å². The Balaban J connectivity index is 0.000000288. The predicted molar refractivity (Wildman–Crippen MR) is 64.4 cm³/mol. The predicted octanol–water partition coefficient (Wildman–Crippen LogP) is 1.89. The van der Waals surface area contributed by atoms with Crippen LogP contribution in [-0.4, -0.2) is 42.2 Å². The number of aryl methyl sites for hydroxylation is 2. The van der Waals surface area contributed by atoms with Crippen molar-refractivity contribution >= 4 is 11.6 Å². The molecule has 0 aromatic carbocycles. The minimum Gasteiger partial charge on any atom is -0.395 e. The highest BCUT2D eigenvalue weighted by molar-refractivity contribution is 6.30.